The third kappa shape index (κ3) is 3.63. The van der Waals surface area contributed by atoms with Crippen molar-refractivity contribution in [2.45, 2.75) is 0 Å². The molecular weight excluding hydrogens is 298 g/mol. The monoisotopic (exact) mass is 311 g/mol. The largest absolute Gasteiger partial charge is 0.377 e. The lowest BCUT2D eigenvalue weighted by molar-refractivity contribution is -0.385. The maximum absolute atomic E-state index is 11.0. The van der Waals surface area contributed by atoms with E-state index in [9.17, 15) is 20.2 Å². The van der Waals surface area contributed by atoms with Crippen LogP contribution in [0.15, 0.2) is 42.5 Å². The molecule has 7 heteroatoms. The summed E-state index contributed by atoms with van der Waals surface area (Å²) in [5, 5.41) is 21.9. The van der Waals surface area contributed by atoms with Crippen LogP contribution in [0.5, 0.6) is 0 Å². The first kappa shape index (κ1) is 16.0. The standard InChI is InChI=1S/C16H13N3O4/c1-17(2)15-10-9-14(18(20)21)11-13(15)8-7-12-5-3-4-6-16(12)19(22)23/h3-6,9-11H,1-2H3. The van der Waals surface area contributed by atoms with E-state index in [-0.39, 0.29) is 16.9 Å². The lowest BCUT2D eigenvalue weighted by Crippen LogP contribution is -2.10. The first-order valence-electron chi connectivity index (χ1n) is 6.61. The van der Waals surface area contributed by atoms with Crippen molar-refractivity contribution in [1.82, 2.24) is 0 Å². The van der Waals surface area contributed by atoms with E-state index >= 15 is 0 Å². The van der Waals surface area contributed by atoms with Gasteiger partial charge in [-0.05, 0) is 12.1 Å². The van der Waals surface area contributed by atoms with E-state index in [2.05, 4.69) is 11.8 Å². The number of anilines is 1. The number of non-ortho nitro benzene ring substituents is 1. The van der Waals surface area contributed by atoms with Crippen LogP contribution in [0, 0.1) is 32.1 Å². The Morgan fingerprint density at radius 2 is 1.57 bits per heavy atom. The lowest BCUT2D eigenvalue weighted by atomic mass is 10.1. The second-order valence-corrected chi connectivity index (χ2v) is 4.88. The predicted octanol–water partition coefficient (Wildman–Crippen LogP) is 2.97. The molecule has 0 fully saturated rings. The molecule has 0 amide bonds. The Hall–Kier alpha value is -3.40. The number of nitro groups is 2. The van der Waals surface area contributed by atoms with Crippen LogP contribution in [0.4, 0.5) is 17.1 Å². The van der Waals surface area contributed by atoms with Gasteiger partial charge in [0.15, 0.2) is 0 Å². The van der Waals surface area contributed by atoms with E-state index in [4.69, 9.17) is 0 Å². The molecule has 2 rings (SSSR count). The van der Waals surface area contributed by atoms with Crippen LogP contribution in [0.3, 0.4) is 0 Å². The van der Waals surface area contributed by atoms with Gasteiger partial charge in [0.1, 0.15) is 5.56 Å². The Bertz CT molecular complexity index is 835. The molecule has 0 saturated heterocycles. The third-order valence-corrected chi connectivity index (χ3v) is 3.11. The first-order valence-corrected chi connectivity index (χ1v) is 6.61. The van der Waals surface area contributed by atoms with E-state index < -0.39 is 9.85 Å². The molecule has 0 bridgehead atoms. The molecule has 0 aliphatic carbocycles. The summed E-state index contributed by atoms with van der Waals surface area (Å²) in [5.74, 6) is 5.53. The van der Waals surface area contributed by atoms with Crippen molar-refractivity contribution < 1.29 is 9.85 Å². The van der Waals surface area contributed by atoms with Crippen molar-refractivity contribution in [3.63, 3.8) is 0 Å². The van der Waals surface area contributed by atoms with Crippen molar-refractivity contribution in [1.29, 1.82) is 0 Å². The number of rotatable bonds is 3. The number of para-hydroxylation sites is 1. The molecule has 0 unspecified atom stereocenters. The molecule has 0 radical (unpaired) electrons. The van der Waals surface area contributed by atoms with Gasteiger partial charge in [-0.2, -0.15) is 0 Å². The molecule has 0 aliphatic heterocycles. The van der Waals surface area contributed by atoms with Gasteiger partial charge < -0.3 is 4.90 Å². The molecule has 0 aromatic heterocycles. The van der Waals surface area contributed by atoms with E-state index in [1.807, 2.05) is 0 Å². The highest BCUT2D eigenvalue weighted by atomic mass is 16.6. The van der Waals surface area contributed by atoms with Crippen LogP contribution in [-0.4, -0.2) is 23.9 Å². The van der Waals surface area contributed by atoms with Gasteiger partial charge in [-0.15, -0.1) is 0 Å². The van der Waals surface area contributed by atoms with E-state index in [1.165, 1.54) is 24.3 Å². The molecule has 2 aromatic rings. The number of hydrogen-bond acceptors (Lipinski definition) is 5. The quantitative estimate of drug-likeness (QED) is 0.494. The fourth-order valence-corrected chi connectivity index (χ4v) is 2.00. The summed E-state index contributed by atoms with van der Waals surface area (Å²) in [6.45, 7) is 0. The smallest absolute Gasteiger partial charge is 0.284 e. The summed E-state index contributed by atoms with van der Waals surface area (Å²) in [4.78, 5) is 22.7. The van der Waals surface area contributed by atoms with Gasteiger partial charge in [0.25, 0.3) is 11.4 Å². The summed E-state index contributed by atoms with van der Waals surface area (Å²) in [5.41, 5.74) is 1.21. The molecule has 2 aromatic carbocycles. The Morgan fingerprint density at radius 3 is 2.17 bits per heavy atom. The van der Waals surface area contributed by atoms with Crippen molar-refractivity contribution >= 4 is 17.1 Å². The highest BCUT2D eigenvalue weighted by Crippen LogP contribution is 2.24. The van der Waals surface area contributed by atoms with Gasteiger partial charge in [-0.25, -0.2) is 0 Å². The van der Waals surface area contributed by atoms with Crippen LogP contribution in [0.25, 0.3) is 0 Å². The van der Waals surface area contributed by atoms with Gasteiger partial charge in [-0.1, -0.05) is 24.0 Å². The molecule has 0 N–H and O–H groups in total. The molecule has 0 saturated carbocycles. The highest BCUT2D eigenvalue weighted by Gasteiger charge is 2.12. The van der Waals surface area contributed by atoms with Crippen LogP contribution in [0.1, 0.15) is 11.1 Å². The van der Waals surface area contributed by atoms with Gasteiger partial charge in [0.2, 0.25) is 0 Å². The molecule has 0 atom stereocenters. The minimum Gasteiger partial charge on any atom is -0.377 e. The Kier molecular flexibility index (Phi) is 4.57. The topological polar surface area (TPSA) is 89.5 Å². The molecule has 0 aliphatic rings. The molecular formula is C16H13N3O4. The second-order valence-electron chi connectivity index (χ2n) is 4.88. The molecule has 7 nitrogen and oxygen atoms in total. The van der Waals surface area contributed by atoms with Crippen LogP contribution in [-0.2, 0) is 0 Å². The average molecular weight is 311 g/mol. The minimum absolute atomic E-state index is 0.0811. The summed E-state index contributed by atoms with van der Waals surface area (Å²) < 4.78 is 0. The minimum atomic E-state index is -0.510. The SMILES string of the molecule is CN(C)c1ccc([N+](=O)[O-])cc1C#Cc1ccccc1[N+](=O)[O-]. The fraction of sp³-hybridized carbons (Fsp3) is 0.125. The summed E-state index contributed by atoms with van der Waals surface area (Å²) in [6.07, 6.45) is 0. The van der Waals surface area contributed by atoms with Crippen LogP contribution >= 0.6 is 0 Å². The van der Waals surface area contributed by atoms with Crippen LogP contribution < -0.4 is 4.90 Å². The lowest BCUT2D eigenvalue weighted by Gasteiger charge is -2.14. The van der Waals surface area contributed by atoms with Crippen LogP contribution in [0.2, 0.25) is 0 Å². The zero-order valence-corrected chi connectivity index (χ0v) is 12.5. The van der Waals surface area contributed by atoms with Gasteiger partial charge >= 0.3 is 0 Å². The summed E-state index contributed by atoms with van der Waals surface area (Å²) in [6, 6.07) is 10.5. The summed E-state index contributed by atoms with van der Waals surface area (Å²) in [7, 11) is 3.58. The molecule has 0 heterocycles. The zero-order valence-electron chi connectivity index (χ0n) is 12.5. The Balaban J connectivity index is 2.54. The number of nitrogens with zero attached hydrogens (tertiary/aromatic N) is 3. The Labute approximate surface area is 132 Å². The second kappa shape index (κ2) is 6.58. The normalized spacial score (nSPS) is 9.65. The van der Waals surface area contributed by atoms with Gasteiger partial charge in [0, 0.05) is 32.3 Å². The number of nitro benzene ring substituents is 2. The van der Waals surface area contributed by atoms with Gasteiger partial charge in [0.05, 0.1) is 21.1 Å². The van der Waals surface area contributed by atoms with Crippen molar-refractivity contribution in [3.05, 3.63) is 73.8 Å². The molecule has 0 spiro atoms. The fourth-order valence-electron chi connectivity index (χ4n) is 2.00. The third-order valence-electron chi connectivity index (χ3n) is 3.11. The number of benzene rings is 2. The van der Waals surface area contributed by atoms with Crippen molar-refractivity contribution in [3.8, 4) is 11.8 Å². The number of hydrogen-bond donors (Lipinski definition) is 0. The van der Waals surface area contributed by atoms with Crippen molar-refractivity contribution in [2.75, 3.05) is 19.0 Å². The molecule has 116 valence electrons. The Morgan fingerprint density at radius 1 is 0.913 bits per heavy atom. The maximum atomic E-state index is 11.0. The summed E-state index contributed by atoms with van der Waals surface area (Å²) >= 11 is 0. The maximum Gasteiger partial charge on any atom is 0.284 e. The van der Waals surface area contributed by atoms with E-state index in [0.717, 1.165) is 0 Å². The predicted molar refractivity (Wildman–Crippen MR) is 86.5 cm³/mol. The van der Waals surface area contributed by atoms with E-state index in [1.54, 1.807) is 37.2 Å². The van der Waals surface area contributed by atoms with Gasteiger partial charge in [-0.3, -0.25) is 20.2 Å². The molecule has 23 heavy (non-hydrogen) atoms. The average Bonchev–Trinajstić information content (AvgIpc) is 2.52. The first-order chi connectivity index (χ1) is 10.9. The highest BCUT2D eigenvalue weighted by molar-refractivity contribution is 5.65. The zero-order chi connectivity index (χ0) is 17.0. The van der Waals surface area contributed by atoms with E-state index in [0.29, 0.717) is 11.3 Å². The van der Waals surface area contributed by atoms with Crippen molar-refractivity contribution in [2.24, 2.45) is 0 Å².